The molecule has 2 aliphatic rings. The van der Waals surface area contributed by atoms with Gasteiger partial charge in [-0.25, -0.2) is 0 Å². The number of Topliss-reactive ketones (excluding diaryl/α,β-unsaturated/α-hetero) is 1. The molecule has 0 aromatic heterocycles. The molecular formula is C23H31Cl2NO4. The van der Waals surface area contributed by atoms with E-state index in [2.05, 4.69) is 25.2 Å². The molecule has 1 heterocycles. The Morgan fingerprint density at radius 1 is 1.30 bits per heavy atom. The summed E-state index contributed by atoms with van der Waals surface area (Å²) in [6, 6.07) is -0.654. The third kappa shape index (κ3) is 7.09. The molecule has 1 aliphatic carbocycles. The van der Waals surface area contributed by atoms with E-state index < -0.39 is 23.7 Å². The monoisotopic (exact) mass is 455 g/mol. The third-order valence-corrected chi connectivity index (χ3v) is 5.85. The molecule has 1 amide bonds. The number of rotatable bonds is 9. The van der Waals surface area contributed by atoms with E-state index in [1.807, 2.05) is 6.92 Å². The molecule has 5 nitrogen and oxygen atoms in total. The molecule has 0 radical (unpaired) electrons. The maximum Gasteiger partial charge on any atom is 0.244 e. The highest BCUT2D eigenvalue weighted by atomic mass is 35.5. The molecule has 0 aromatic rings. The number of ketones is 1. The van der Waals surface area contributed by atoms with Crippen LogP contribution in [0.3, 0.4) is 0 Å². The van der Waals surface area contributed by atoms with Gasteiger partial charge in [0.05, 0.1) is 16.1 Å². The summed E-state index contributed by atoms with van der Waals surface area (Å²) in [5.74, 6) is -0.360. The van der Waals surface area contributed by atoms with Crippen LogP contribution < -0.4 is 5.32 Å². The van der Waals surface area contributed by atoms with Crippen LogP contribution in [0.25, 0.3) is 0 Å². The van der Waals surface area contributed by atoms with Crippen molar-refractivity contribution in [1.82, 2.24) is 5.32 Å². The topological polar surface area (TPSA) is 75.6 Å². The Labute approximate surface area is 188 Å². The van der Waals surface area contributed by atoms with Crippen molar-refractivity contribution < 1.29 is 19.4 Å². The quantitative estimate of drug-likeness (QED) is 0.295. The summed E-state index contributed by atoms with van der Waals surface area (Å²) < 4.78 is 5.56. The van der Waals surface area contributed by atoms with Crippen molar-refractivity contribution in [3.05, 3.63) is 46.0 Å². The van der Waals surface area contributed by atoms with Gasteiger partial charge in [0.25, 0.3) is 0 Å². The number of hydrogen-bond acceptors (Lipinski definition) is 4. The van der Waals surface area contributed by atoms with Gasteiger partial charge in [-0.3, -0.25) is 9.59 Å². The Kier molecular flexibility index (Phi) is 9.35. The first-order chi connectivity index (χ1) is 14.2. The Hall–Kier alpha value is -1.40. The Morgan fingerprint density at radius 2 is 1.97 bits per heavy atom. The molecule has 1 fully saturated rings. The molecule has 7 heteroatoms. The zero-order valence-electron chi connectivity index (χ0n) is 17.8. The summed E-state index contributed by atoms with van der Waals surface area (Å²) in [4.78, 5) is 24.0. The zero-order chi connectivity index (χ0) is 22.3. The van der Waals surface area contributed by atoms with Crippen molar-refractivity contribution in [2.45, 2.75) is 77.2 Å². The standard InChI is InChI=1S/C23H31Cl2NO4/c1-4-5-6-7-8-15(2)11-16(3)9-10-20(27)26-19-14-23(30-22(19)29)12-17(24)21(28)18(25)13-23/h9-13,15,19,22,29H,4-8,14H2,1-3H3,(H,26,27)/b10-9+,16-11+/t15-,19+,22-/m1/s1. The molecule has 166 valence electrons. The van der Waals surface area contributed by atoms with E-state index in [0.29, 0.717) is 5.92 Å². The Bertz CT molecular complexity index is 747. The lowest BCUT2D eigenvalue weighted by molar-refractivity contribution is -0.126. The average molecular weight is 456 g/mol. The van der Waals surface area contributed by atoms with Crippen molar-refractivity contribution in [3.63, 3.8) is 0 Å². The van der Waals surface area contributed by atoms with E-state index >= 15 is 0 Å². The molecule has 1 spiro atoms. The van der Waals surface area contributed by atoms with Crippen molar-refractivity contribution >= 4 is 34.9 Å². The number of ether oxygens (including phenoxy) is 1. The van der Waals surface area contributed by atoms with Gasteiger partial charge in [-0.05, 0) is 31.4 Å². The second kappa shape index (κ2) is 11.3. The molecule has 0 bridgehead atoms. The van der Waals surface area contributed by atoms with Crippen LogP contribution >= 0.6 is 23.2 Å². The molecule has 1 aliphatic heterocycles. The fraction of sp³-hybridized carbons (Fsp3) is 0.565. The van der Waals surface area contributed by atoms with Crippen LogP contribution in [-0.2, 0) is 14.3 Å². The minimum Gasteiger partial charge on any atom is -0.366 e. The summed E-state index contributed by atoms with van der Waals surface area (Å²) in [5.41, 5.74) is -0.0883. The Morgan fingerprint density at radius 3 is 2.60 bits per heavy atom. The third-order valence-electron chi connectivity index (χ3n) is 5.28. The number of halogens is 2. The number of aliphatic hydroxyl groups is 1. The summed E-state index contributed by atoms with van der Waals surface area (Å²) >= 11 is 11.9. The van der Waals surface area contributed by atoms with Gasteiger partial charge in [0, 0.05) is 12.5 Å². The molecule has 2 rings (SSSR count). The highest BCUT2D eigenvalue weighted by Gasteiger charge is 2.46. The van der Waals surface area contributed by atoms with Gasteiger partial charge >= 0.3 is 0 Å². The SMILES string of the molecule is CCCCCC[C@@H](C)/C=C(C)/C=C/C(=O)N[C@H]1CC2(C=C(Cl)C(=O)C(Cl)=C2)O[C@H]1O. The molecule has 3 atom stereocenters. The molecule has 0 aromatic carbocycles. The smallest absolute Gasteiger partial charge is 0.244 e. The van der Waals surface area contributed by atoms with Crippen LogP contribution in [-0.4, -0.2) is 34.7 Å². The van der Waals surface area contributed by atoms with Gasteiger partial charge in [0.1, 0.15) is 5.60 Å². The number of amides is 1. The zero-order valence-corrected chi connectivity index (χ0v) is 19.3. The van der Waals surface area contributed by atoms with Crippen LogP contribution in [0.15, 0.2) is 46.0 Å². The molecule has 2 N–H and O–H groups in total. The first kappa shape index (κ1) is 24.9. The molecule has 1 saturated heterocycles. The molecule has 0 saturated carbocycles. The minimum atomic E-state index is -1.24. The summed E-state index contributed by atoms with van der Waals surface area (Å²) in [6.45, 7) is 6.35. The van der Waals surface area contributed by atoms with Gasteiger partial charge in [0.2, 0.25) is 11.7 Å². The Balaban J connectivity index is 1.89. The van der Waals surface area contributed by atoms with Gasteiger partial charge in [-0.1, -0.05) is 80.5 Å². The number of carbonyl (C=O) groups is 2. The molecular weight excluding hydrogens is 425 g/mol. The van der Waals surface area contributed by atoms with Crippen molar-refractivity contribution in [1.29, 1.82) is 0 Å². The van der Waals surface area contributed by atoms with Crippen molar-refractivity contribution in [2.75, 3.05) is 0 Å². The van der Waals surface area contributed by atoms with Gasteiger partial charge in [-0.2, -0.15) is 0 Å². The van der Waals surface area contributed by atoms with E-state index in [0.717, 1.165) is 12.0 Å². The number of nitrogens with one attached hydrogen (secondary N) is 1. The van der Waals surface area contributed by atoms with E-state index in [9.17, 15) is 14.7 Å². The lowest BCUT2D eigenvalue weighted by atomic mass is 9.92. The fourth-order valence-corrected chi connectivity index (χ4v) is 4.36. The highest BCUT2D eigenvalue weighted by Crippen LogP contribution is 2.39. The van der Waals surface area contributed by atoms with Gasteiger partial charge < -0.3 is 15.2 Å². The van der Waals surface area contributed by atoms with Gasteiger partial charge in [0.15, 0.2) is 6.29 Å². The van der Waals surface area contributed by atoms with Crippen LogP contribution in [0.5, 0.6) is 0 Å². The largest absolute Gasteiger partial charge is 0.366 e. The summed E-state index contributed by atoms with van der Waals surface area (Å²) in [5, 5.41) is 12.8. The average Bonchev–Trinajstić information content (AvgIpc) is 2.96. The van der Waals surface area contributed by atoms with Crippen LogP contribution in [0.2, 0.25) is 0 Å². The van der Waals surface area contributed by atoms with Crippen molar-refractivity contribution in [2.24, 2.45) is 5.92 Å². The number of hydrogen-bond donors (Lipinski definition) is 2. The number of carbonyl (C=O) groups excluding carboxylic acids is 2. The van der Waals surface area contributed by atoms with E-state index in [-0.39, 0.29) is 22.4 Å². The normalized spacial score (nSPS) is 24.9. The van der Waals surface area contributed by atoms with Crippen molar-refractivity contribution in [3.8, 4) is 0 Å². The van der Waals surface area contributed by atoms with Crippen LogP contribution in [0, 0.1) is 5.92 Å². The number of unbranched alkanes of at least 4 members (excludes halogenated alkanes) is 3. The second-order valence-electron chi connectivity index (χ2n) is 8.17. The summed E-state index contributed by atoms with van der Waals surface area (Å²) in [7, 11) is 0. The first-order valence-corrected chi connectivity index (χ1v) is 11.3. The molecule has 30 heavy (non-hydrogen) atoms. The summed E-state index contributed by atoms with van der Waals surface area (Å²) in [6.07, 6.45) is 13.3. The molecule has 0 unspecified atom stereocenters. The second-order valence-corrected chi connectivity index (χ2v) is 8.98. The van der Waals surface area contributed by atoms with E-state index in [4.69, 9.17) is 27.9 Å². The van der Waals surface area contributed by atoms with Crippen LogP contribution in [0.1, 0.15) is 59.3 Å². The predicted molar refractivity (Wildman–Crippen MR) is 120 cm³/mol. The number of allylic oxidation sites excluding steroid dienone is 5. The fourth-order valence-electron chi connectivity index (χ4n) is 3.74. The maximum absolute atomic E-state index is 12.3. The number of aliphatic hydroxyl groups excluding tert-OH is 1. The predicted octanol–water partition coefficient (Wildman–Crippen LogP) is 4.89. The first-order valence-electron chi connectivity index (χ1n) is 10.5. The van der Waals surface area contributed by atoms with Gasteiger partial charge in [-0.15, -0.1) is 0 Å². The van der Waals surface area contributed by atoms with Crippen LogP contribution in [0.4, 0.5) is 0 Å². The lowest BCUT2D eigenvalue weighted by Gasteiger charge is -2.24. The van der Waals surface area contributed by atoms with E-state index in [1.54, 1.807) is 6.08 Å². The van der Waals surface area contributed by atoms with E-state index in [1.165, 1.54) is 43.9 Å². The highest BCUT2D eigenvalue weighted by molar-refractivity contribution is 6.55. The maximum atomic E-state index is 12.3. The minimum absolute atomic E-state index is 0.0638. The lowest BCUT2D eigenvalue weighted by Crippen LogP contribution is -2.39.